The summed E-state index contributed by atoms with van der Waals surface area (Å²) in [6, 6.07) is 2.02. The number of Topliss-reactive ketones (excluding diaryl/α,β-unsaturated/α-hetero) is 1. The number of carbonyl (C=O) groups is 1. The molecular weight excluding hydrogens is 390 g/mol. The second kappa shape index (κ2) is 7.97. The largest absolute Gasteiger partial charge is 0.376 e. The average Bonchev–Trinajstić information content (AvgIpc) is 3.36. The van der Waals surface area contributed by atoms with Crippen molar-refractivity contribution in [3.05, 3.63) is 39.8 Å². The van der Waals surface area contributed by atoms with E-state index in [1.807, 2.05) is 13.0 Å². The number of aromatic nitrogens is 3. The minimum absolute atomic E-state index is 0.146. The van der Waals surface area contributed by atoms with Crippen LogP contribution in [0.5, 0.6) is 0 Å². The van der Waals surface area contributed by atoms with Crippen LogP contribution in [0.2, 0.25) is 0 Å². The Labute approximate surface area is 173 Å². The maximum atomic E-state index is 13.0. The third-order valence-electron chi connectivity index (χ3n) is 5.55. The molecule has 28 heavy (non-hydrogen) atoms. The molecule has 0 bridgehead atoms. The summed E-state index contributed by atoms with van der Waals surface area (Å²) in [6.07, 6.45) is 4.08. The van der Waals surface area contributed by atoms with Gasteiger partial charge in [-0.3, -0.25) is 4.79 Å². The molecule has 0 saturated carbocycles. The van der Waals surface area contributed by atoms with Crippen LogP contribution < -0.4 is 0 Å². The van der Waals surface area contributed by atoms with E-state index in [9.17, 15) is 4.79 Å². The van der Waals surface area contributed by atoms with Crippen molar-refractivity contribution in [2.45, 2.75) is 58.2 Å². The number of hydrogen-bond donors (Lipinski definition) is 0. The second-order valence-corrected chi connectivity index (χ2v) is 9.55. The number of carbonyl (C=O) groups excluding carboxylic acids is 1. The van der Waals surface area contributed by atoms with Crippen LogP contribution in [0, 0.1) is 27.7 Å². The zero-order valence-electron chi connectivity index (χ0n) is 16.7. The van der Waals surface area contributed by atoms with E-state index in [1.54, 1.807) is 17.7 Å². The molecule has 1 aliphatic rings. The van der Waals surface area contributed by atoms with Crippen molar-refractivity contribution < 1.29 is 9.53 Å². The molecule has 4 heterocycles. The second-order valence-electron chi connectivity index (χ2n) is 7.38. The van der Waals surface area contributed by atoms with Crippen LogP contribution in [0.4, 0.5) is 0 Å². The molecule has 3 aromatic heterocycles. The Morgan fingerprint density at radius 2 is 2.14 bits per heavy atom. The molecule has 0 aliphatic carbocycles. The molecule has 4 rings (SSSR count). The van der Waals surface area contributed by atoms with Gasteiger partial charge < -0.3 is 9.30 Å². The first-order valence-corrected chi connectivity index (χ1v) is 11.4. The van der Waals surface area contributed by atoms with Crippen LogP contribution in [0.1, 0.15) is 45.0 Å². The molecule has 0 aromatic carbocycles. The molecule has 1 aliphatic heterocycles. The van der Waals surface area contributed by atoms with E-state index in [2.05, 4.69) is 35.3 Å². The van der Waals surface area contributed by atoms with Gasteiger partial charge in [0.05, 0.1) is 11.9 Å². The van der Waals surface area contributed by atoms with Crippen LogP contribution in [-0.2, 0) is 11.3 Å². The third kappa shape index (κ3) is 3.63. The van der Waals surface area contributed by atoms with Crippen LogP contribution in [-0.4, -0.2) is 38.8 Å². The zero-order chi connectivity index (χ0) is 19.8. The SMILES string of the molecule is Cc1sc2ncnc(SCC(=O)c3cc(C)n(CC4CCCO4)c3C)c2c1C. The predicted molar refractivity (Wildman–Crippen MR) is 115 cm³/mol. The van der Waals surface area contributed by atoms with Gasteiger partial charge in [-0.2, -0.15) is 0 Å². The molecule has 1 atom stereocenters. The molecule has 1 unspecified atom stereocenters. The molecule has 5 nitrogen and oxygen atoms in total. The topological polar surface area (TPSA) is 57.0 Å². The van der Waals surface area contributed by atoms with Crippen LogP contribution in [0.15, 0.2) is 17.4 Å². The first kappa shape index (κ1) is 19.6. The summed E-state index contributed by atoms with van der Waals surface area (Å²) >= 11 is 3.19. The highest BCUT2D eigenvalue weighted by molar-refractivity contribution is 8.00. The normalized spacial score (nSPS) is 16.9. The highest BCUT2D eigenvalue weighted by atomic mass is 32.2. The lowest BCUT2D eigenvalue weighted by Crippen LogP contribution is -2.17. The monoisotopic (exact) mass is 415 g/mol. The van der Waals surface area contributed by atoms with E-state index >= 15 is 0 Å². The fourth-order valence-corrected chi connectivity index (χ4v) is 5.83. The molecule has 0 N–H and O–H groups in total. The summed E-state index contributed by atoms with van der Waals surface area (Å²) < 4.78 is 8.00. The molecule has 0 spiro atoms. The van der Waals surface area contributed by atoms with E-state index in [1.165, 1.54) is 22.2 Å². The lowest BCUT2D eigenvalue weighted by atomic mass is 10.2. The lowest BCUT2D eigenvalue weighted by molar-refractivity contribution is 0.0957. The quantitative estimate of drug-likeness (QED) is 0.326. The minimum Gasteiger partial charge on any atom is -0.376 e. The molecule has 7 heteroatoms. The fraction of sp³-hybridized carbons (Fsp3) is 0.476. The van der Waals surface area contributed by atoms with E-state index in [0.717, 1.165) is 58.2 Å². The molecular formula is C21H25N3O2S2. The predicted octanol–water partition coefficient (Wildman–Crippen LogP) is 4.88. The summed E-state index contributed by atoms with van der Waals surface area (Å²) in [5.41, 5.74) is 4.18. The zero-order valence-corrected chi connectivity index (χ0v) is 18.4. The summed E-state index contributed by atoms with van der Waals surface area (Å²) in [6.45, 7) is 9.98. The Kier molecular flexibility index (Phi) is 5.58. The Balaban J connectivity index is 1.52. The smallest absolute Gasteiger partial charge is 0.174 e. The number of nitrogens with zero attached hydrogens (tertiary/aromatic N) is 3. The molecule has 148 valence electrons. The van der Waals surface area contributed by atoms with Crippen LogP contribution in [0.25, 0.3) is 10.2 Å². The van der Waals surface area contributed by atoms with E-state index < -0.39 is 0 Å². The van der Waals surface area contributed by atoms with Crippen molar-refractivity contribution in [3.8, 4) is 0 Å². The fourth-order valence-electron chi connectivity index (χ4n) is 3.83. The van der Waals surface area contributed by atoms with Gasteiger partial charge in [-0.1, -0.05) is 11.8 Å². The van der Waals surface area contributed by atoms with Crippen molar-refractivity contribution >= 4 is 39.1 Å². The number of hydrogen-bond acceptors (Lipinski definition) is 6. The Morgan fingerprint density at radius 1 is 1.32 bits per heavy atom. The number of rotatable bonds is 6. The van der Waals surface area contributed by atoms with E-state index in [0.29, 0.717) is 5.75 Å². The van der Waals surface area contributed by atoms with Gasteiger partial charge in [0.1, 0.15) is 16.2 Å². The Bertz CT molecular complexity index is 1030. The molecule has 1 saturated heterocycles. The molecule has 3 aromatic rings. The summed E-state index contributed by atoms with van der Waals surface area (Å²) in [4.78, 5) is 24.0. The summed E-state index contributed by atoms with van der Waals surface area (Å²) in [5, 5.41) is 1.99. The molecule has 0 radical (unpaired) electrons. The van der Waals surface area contributed by atoms with Gasteiger partial charge in [-0.15, -0.1) is 11.3 Å². The first-order valence-electron chi connectivity index (χ1n) is 9.60. The van der Waals surface area contributed by atoms with Crippen LogP contribution >= 0.6 is 23.1 Å². The van der Waals surface area contributed by atoms with Gasteiger partial charge in [0.15, 0.2) is 5.78 Å². The van der Waals surface area contributed by atoms with Gasteiger partial charge in [-0.25, -0.2) is 9.97 Å². The number of thiophene rings is 1. The highest BCUT2D eigenvalue weighted by Gasteiger charge is 2.21. The van der Waals surface area contributed by atoms with Crippen LogP contribution in [0.3, 0.4) is 0 Å². The van der Waals surface area contributed by atoms with Gasteiger partial charge >= 0.3 is 0 Å². The van der Waals surface area contributed by atoms with Gasteiger partial charge in [0.2, 0.25) is 0 Å². The lowest BCUT2D eigenvalue weighted by Gasteiger charge is -2.14. The Morgan fingerprint density at radius 3 is 2.89 bits per heavy atom. The van der Waals surface area contributed by atoms with E-state index in [-0.39, 0.29) is 11.9 Å². The Hall–Kier alpha value is -1.70. The first-order chi connectivity index (χ1) is 13.5. The van der Waals surface area contributed by atoms with Crippen molar-refractivity contribution in [1.82, 2.24) is 14.5 Å². The van der Waals surface area contributed by atoms with Gasteiger partial charge in [0.25, 0.3) is 0 Å². The average molecular weight is 416 g/mol. The maximum Gasteiger partial charge on any atom is 0.174 e. The number of aryl methyl sites for hydroxylation is 3. The standard InChI is InChI=1S/C21H25N3O2S2/c1-12-8-17(14(3)24(12)9-16-6-5-7-26-16)18(25)10-27-20-19-13(2)15(4)28-21(19)23-11-22-20/h8,11,16H,5-7,9-10H2,1-4H3. The summed E-state index contributed by atoms with van der Waals surface area (Å²) in [7, 11) is 0. The maximum absolute atomic E-state index is 13.0. The summed E-state index contributed by atoms with van der Waals surface area (Å²) in [5.74, 6) is 0.526. The number of ketones is 1. The molecule has 0 amide bonds. The van der Waals surface area contributed by atoms with Crippen molar-refractivity contribution in [1.29, 1.82) is 0 Å². The minimum atomic E-state index is 0.146. The molecule has 1 fully saturated rings. The number of thioether (sulfide) groups is 1. The third-order valence-corrected chi connectivity index (χ3v) is 7.66. The highest BCUT2D eigenvalue weighted by Crippen LogP contribution is 2.34. The number of fused-ring (bicyclic) bond motifs is 1. The van der Waals surface area contributed by atoms with Crippen molar-refractivity contribution in [3.63, 3.8) is 0 Å². The van der Waals surface area contributed by atoms with Crippen molar-refractivity contribution in [2.75, 3.05) is 12.4 Å². The van der Waals surface area contributed by atoms with Gasteiger partial charge in [0, 0.05) is 40.4 Å². The van der Waals surface area contributed by atoms with E-state index in [4.69, 9.17) is 4.74 Å². The number of ether oxygens (including phenoxy) is 1. The van der Waals surface area contributed by atoms with Gasteiger partial charge in [-0.05, 0) is 52.2 Å². The van der Waals surface area contributed by atoms with Crippen molar-refractivity contribution in [2.24, 2.45) is 0 Å².